The molecule has 0 aliphatic carbocycles. The Bertz CT molecular complexity index is 199. The highest BCUT2D eigenvalue weighted by Crippen LogP contribution is 2.09. The van der Waals surface area contributed by atoms with Gasteiger partial charge in [-0.2, -0.15) is 0 Å². The average Bonchev–Trinajstić information content (AvgIpc) is 2.18. The lowest BCUT2D eigenvalue weighted by Crippen LogP contribution is -2.53. The van der Waals surface area contributed by atoms with Crippen molar-refractivity contribution < 1.29 is 4.21 Å². The lowest BCUT2D eigenvalue weighted by molar-refractivity contribution is 0.159. The molecule has 0 aromatic rings. The molecule has 1 saturated heterocycles. The molecule has 1 aliphatic heterocycles. The smallest absolute Gasteiger partial charge is 0.0444 e. The van der Waals surface area contributed by atoms with E-state index >= 15 is 0 Å². The Hall–Kier alpha value is 0.0700. The minimum absolute atomic E-state index is 0.294. The van der Waals surface area contributed by atoms with Crippen LogP contribution in [0.25, 0.3) is 0 Å². The van der Waals surface area contributed by atoms with Crippen molar-refractivity contribution in [3.05, 3.63) is 0 Å². The van der Waals surface area contributed by atoms with E-state index in [1.807, 2.05) is 0 Å². The predicted octanol–water partition coefficient (Wildman–Crippen LogP) is 0.437. The maximum absolute atomic E-state index is 11.3. The summed E-state index contributed by atoms with van der Waals surface area (Å²) in [5.74, 6) is 0. The third-order valence-corrected chi connectivity index (χ3v) is 4.28. The fourth-order valence-corrected chi connectivity index (χ4v) is 2.28. The molecule has 1 aliphatic rings. The van der Waals surface area contributed by atoms with Crippen LogP contribution in [-0.2, 0) is 10.8 Å². The molecule has 0 amide bonds. The third-order valence-electron chi connectivity index (χ3n) is 3.00. The molecule has 1 rings (SSSR count). The van der Waals surface area contributed by atoms with Gasteiger partial charge in [0.05, 0.1) is 0 Å². The van der Waals surface area contributed by atoms with Crippen molar-refractivity contribution in [3.63, 3.8) is 0 Å². The topological polar surface area (TPSA) is 32.3 Å². The summed E-state index contributed by atoms with van der Waals surface area (Å²) in [6, 6.07) is 0.634. The van der Waals surface area contributed by atoms with E-state index in [1.165, 1.54) is 6.42 Å². The highest BCUT2D eigenvalue weighted by molar-refractivity contribution is 7.84. The van der Waals surface area contributed by atoms with Gasteiger partial charge in [-0.1, -0.05) is 6.92 Å². The van der Waals surface area contributed by atoms with Crippen LogP contribution in [0.3, 0.4) is 0 Å². The number of hydrogen-bond donors (Lipinski definition) is 1. The second-order valence-electron chi connectivity index (χ2n) is 4.07. The van der Waals surface area contributed by atoms with Gasteiger partial charge in [-0.05, 0) is 13.3 Å². The summed E-state index contributed by atoms with van der Waals surface area (Å²) in [7, 11) is -0.691. The summed E-state index contributed by atoms with van der Waals surface area (Å²) in [6.07, 6.45) is 2.98. The summed E-state index contributed by atoms with van der Waals surface area (Å²) < 4.78 is 11.3. The Morgan fingerprint density at radius 3 is 2.93 bits per heavy atom. The SMILES string of the molecule is CCC1CNCCN1CC(C)S(C)=O. The van der Waals surface area contributed by atoms with Gasteiger partial charge in [0.25, 0.3) is 0 Å². The van der Waals surface area contributed by atoms with Crippen molar-refractivity contribution in [2.45, 2.75) is 31.6 Å². The highest BCUT2D eigenvalue weighted by atomic mass is 32.2. The van der Waals surface area contributed by atoms with Crippen LogP contribution >= 0.6 is 0 Å². The average molecular weight is 218 g/mol. The zero-order valence-electron chi connectivity index (χ0n) is 9.45. The van der Waals surface area contributed by atoms with Crippen LogP contribution in [0.4, 0.5) is 0 Å². The molecule has 0 saturated carbocycles. The molecule has 3 atom stereocenters. The van der Waals surface area contributed by atoms with Crippen molar-refractivity contribution in [3.8, 4) is 0 Å². The Balaban J connectivity index is 2.44. The fourth-order valence-electron chi connectivity index (χ4n) is 1.88. The first-order chi connectivity index (χ1) is 6.65. The van der Waals surface area contributed by atoms with Gasteiger partial charge in [-0.25, -0.2) is 0 Å². The predicted molar refractivity (Wildman–Crippen MR) is 62.1 cm³/mol. The second-order valence-corrected chi connectivity index (χ2v) is 5.87. The molecule has 0 aromatic heterocycles. The number of rotatable bonds is 4. The molecule has 84 valence electrons. The molecule has 3 unspecified atom stereocenters. The largest absolute Gasteiger partial charge is 0.314 e. The van der Waals surface area contributed by atoms with E-state index in [1.54, 1.807) is 6.26 Å². The molecule has 14 heavy (non-hydrogen) atoms. The standard InChI is InChI=1S/C10H22N2OS/c1-4-10-7-11-5-6-12(10)8-9(2)14(3)13/h9-11H,4-8H2,1-3H3. The van der Waals surface area contributed by atoms with Crippen molar-refractivity contribution in [2.75, 3.05) is 32.4 Å². The summed E-state index contributed by atoms with van der Waals surface area (Å²) >= 11 is 0. The zero-order valence-corrected chi connectivity index (χ0v) is 10.3. The van der Waals surface area contributed by atoms with Crippen LogP contribution in [0.2, 0.25) is 0 Å². The van der Waals surface area contributed by atoms with Crippen LogP contribution in [0.15, 0.2) is 0 Å². The van der Waals surface area contributed by atoms with Crippen molar-refractivity contribution in [1.82, 2.24) is 10.2 Å². The van der Waals surface area contributed by atoms with E-state index in [4.69, 9.17) is 0 Å². The number of piperazine rings is 1. The zero-order chi connectivity index (χ0) is 10.6. The Morgan fingerprint density at radius 2 is 2.36 bits per heavy atom. The van der Waals surface area contributed by atoms with Crippen molar-refractivity contribution >= 4 is 10.8 Å². The number of hydrogen-bond acceptors (Lipinski definition) is 3. The molecule has 3 nitrogen and oxygen atoms in total. The summed E-state index contributed by atoms with van der Waals surface area (Å²) in [5.41, 5.74) is 0. The molecule has 4 heteroatoms. The monoisotopic (exact) mass is 218 g/mol. The third kappa shape index (κ3) is 3.33. The van der Waals surface area contributed by atoms with E-state index in [2.05, 4.69) is 24.1 Å². The normalized spacial score (nSPS) is 28.6. The molecule has 1 N–H and O–H groups in total. The Kier molecular flexibility index (Phi) is 5.06. The quantitative estimate of drug-likeness (QED) is 0.743. The van der Waals surface area contributed by atoms with Gasteiger partial charge >= 0.3 is 0 Å². The molecule has 0 spiro atoms. The van der Waals surface area contributed by atoms with Crippen LogP contribution in [0.5, 0.6) is 0 Å². The van der Waals surface area contributed by atoms with Crippen molar-refractivity contribution in [2.24, 2.45) is 0 Å². The van der Waals surface area contributed by atoms with Crippen LogP contribution < -0.4 is 5.32 Å². The number of nitrogens with zero attached hydrogens (tertiary/aromatic N) is 1. The first-order valence-electron chi connectivity index (χ1n) is 5.42. The highest BCUT2D eigenvalue weighted by Gasteiger charge is 2.22. The van der Waals surface area contributed by atoms with Crippen LogP contribution in [0, 0.1) is 0 Å². The lowest BCUT2D eigenvalue weighted by Gasteiger charge is -2.36. The van der Waals surface area contributed by atoms with E-state index in [9.17, 15) is 4.21 Å². The maximum Gasteiger partial charge on any atom is 0.0444 e. The molecule has 0 radical (unpaired) electrons. The van der Waals surface area contributed by atoms with E-state index in [-0.39, 0.29) is 0 Å². The van der Waals surface area contributed by atoms with Crippen molar-refractivity contribution in [1.29, 1.82) is 0 Å². The first kappa shape index (κ1) is 12.1. The second kappa shape index (κ2) is 5.83. The van der Waals surface area contributed by atoms with E-state index in [0.29, 0.717) is 11.3 Å². The van der Waals surface area contributed by atoms with E-state index in [0.717, 1.165) is 26.2 Å². The summed E-state index contributed by atoms with van der Waals surface area (Å²) in [4.78, 5) is 2.47. The van der Waals surface area contributed by atoms with Gasteiger partial charge in [0.1, 0.15) is 0 Å². The van der Waals surface area contributed by atoms with Gasteiger partial charge < -0.3 is 5.32 Å². The molecular formula is C10H22N2OS. The van der Waals surface area contributed by atoms with Gasteiger partial charge in [0, 0.05) is 54.5 Å². The van der Waals surface area contributed by atoms with E-state index < -0.39 is 10.8 Å². The molecular weight excluding hydrogens is 196 g/mol. The van der Waals surface area contributed by atoms with Gasteiger partial charge in [0.2, 0.25) is 0 Å². The fraction of sp³-hybridized carbons (Fsp3) is 1.00. The minimum Gasteiger partial charge on any atom is -0.314 e. The summed E-state index contributed by atoms with van der Waals surface area (Å²) in [5, 5.41) is 3.69. The first-order valence-corrected chi connectivity index (χ1v) is 7.04. The van der Waals surface area contributed by atoms with Crippen LogP contribution in [-0.4, -0.2) is 52.8 Å². The molecule has 0 bridgehead atoms. The number of nitrogens with one attached hydrogen (secondary N) is 1. The molecule has 1 fully saturated rings. The summed E-state index contributed by atoms with van der Waals surface area (Å²) in [6.45, 7) is 8.52. The minimum atomic E-state index is -0.691. The lowest BCUT2D eigenvalue weighted by atomic mass is 10.1. The van der Waals surface area contributed by atoms with Crippen LogP contribution in [0.1, 0.15) is 20.3 Å². The molecule has 0 aromatic carbocycles. The van der Waals surface area contributed by atoms with Gasteiger partial charge in [-0.15, -0.1) is 0 Å². The molecule has 1 heterocycles. The van der Waals surface area contributed by atoms with Gasteiger partial charge in [0.15, 0.2) is 0 Å². The van der Waals surface area contributed by atoms with Gasteiger partial charge in [-0.3, -0.25) is 9.11 Å². The maximum atomic E-state index is 11.3. The Morgan fingerprint density at radius 1 is 1.64 bits per heavy atom. The Labute approximate surface area is 89.7 Å².